The summed E-state index contributed by atoms with van der Waals surface area (Å²) in [6.45, 7) is 4.61. The van der Waals surface area contributed by atoms with Gasteiger partial charge in [0.15, 0.2) is 0 Å². The fourth-order valence-corrected chi connectivity index (χ4v) is 6.97. The average molecular weight is 515 g/mol. The molecule has 5 nitrogen and oxygen atoms in total. The number of benzene rings is 2. The summed E-state index contributed by atoms with van der Waals surface area (Å²) in [6.07, 6.45) is 3.19. The minimum absolute atomic E-state index is 0.00239. The Balaban J connectivity index is 1.65. The van der Waals surface area contributed by atoms with Gasteiger partial charge in [0, 0.05) is 18.0 Å². The molecule has 1 atom stereocenters. The molecule has 186 valence electrons. The molecule has 0 aliphatic carbocycles. The smallest absolute Gasteiger partial charge is 0.243 e. The van der Waals surface area contributed by atoms with Gasteiger partial charge in [-0.05, 0) is 72.2 Å². The number of nitrogens with zero attached hydrogens (tertiary/aromatic N) is 2. The topological polar surface area (TPSA) is 57.7 Å². The van der Waals surface area contributed by atoms with Gasteiger partial charge in [-0.1, -0.05) is 44.0 Å². The number of aryl methyl sites for hydroxylation is 1. The van der Waals surface area contributed by atoms with E-state index in [2.05, 4.69) is 11.4 Å². The molecule has 1 aromatic heterocycles. The first-order valence-corrected chi connectivity index (χ1v) is 14.3. The lowest BCUT2D eigenvalue weighted by Crippen LogP contribution is -2.47. The third-order valence-electron chi connectivity index (χ3n) is 6.54. The van der Waals surface area contributed by atoms with Crippen LogP contribution < -0.4 is 0 Å². The second-order valence-electron chi connectivity index (χ2n) is 8.89. The first-order valence-electron chi connectivity index (χ1n) is 12.0. The molecule has 2 aromatic carbocycles. The van der Waals surface area contributed by atoms with E-state index in [4.69, 9.17) is 0 Å². The van der Waals surface area contributed by atoms with E-state index >= 15 is 0 Å². The fourth-order valence-electron chi connectivity index (χ4n) is 4.63. The van der Waals surface area contributed by atoms with Gasteiger partial charge in [-0.3, -0.25) is 4.79 Å². The van der Waals surface area contributed by atoms with E-state index in [9.17, 15) is 17.6 Å². The third-order valence-corrected chi connectivity index (χ3v) is 9.40. The van der Waals surface area contributed by atoms with E-state index in [1.807, 2.05) is 43.0 Å². The summed E-state index contributed by atoms with van der Waals surface area (Å²) in [4.78, 5) is 16.8. The Kier molecular flexibility index (Phi) is 8.04. The van der Waals surface area contributed by atoms with Crippen molar-refractivity contribution >= 4 is 27.3 Å². The third kappa shape index (κ3) is 5.50. The van der Waals surface area contributed by atoms with Crippen molar-refractivity contribution in [2.24, 2.45) is 0 Å². The van der Waals surface area contributed by atoms with E-state index in [0.29, 0.717) is 13.0 Å². The number of hydrogen-bond donors (Lipinski definition) is 0. The molecule has 1 amide bonds. The number of rotatable bonds is 9. The van der Waals surface area contributed by atoms with Crippen molar-refractivity contribution in [1.29, 1.82) is 0 Å². The summed E-state index contributed by atoms with van der Waals surface area (Å²) < 4.78 is 41.6. The zero-order valence-electron chi connectivity index (χ0n) is 20.1. The molecule has 0 N–H and O–H groups in total. The maximum atomic E-state index is 13.8. The summed E-state index contributed by atoms with van der Waals surface area (Å²) in [5.41, 5.74) is 3.26. The Hall–Kier alpha value is -2.55. The molecule has 0 bridgehead atoms. The molecule has 35 heavy (non-hydrogen) atoms. The minimum atomic E-state index is -3.95. The number of carbonyl (C=O) groups excluding carboxylic acids is 1. The molecule has 3 aromatic rings. The van der Waals surface area contributed by atoms with Crippen LogP contribution in [-0.2, 0) is 21.2 Å². The first-order chi connectivity index (χ1) is 16.8. The lowest BCUT2D eigenvalue weighted by Gasteiger charge is -2.38. The lowest BCUT2D eigenvalue weighted by molar-refractivity contribution is -0.133. The minimum Gasteiger partial charge on any atom is -0.330 e. The van der Waals surface area contributed by atoms with Crippen LogP contribution in [0.3, 0.4) is 0 Å². The molecule has 0 radical (unpaired) electrons. The standard InChI is InChI=1S/C27H31FN2O3S2/c1-3-4-7-16-29(35(32,33)22-12-10-21(28)11-13-22)19-26(31)30-17-14-25-24(15-18-34-25)27(30)23-9-6-5-8-20(23)2/h5-6,8-13,15,18,27H,3-4,7,14,16-17,19H2,1-2H3. The van der Waals surface area contributed by atoms with Gasteiger partial charge in [0.05, 0.1) is 17.5 Å². The molecule has 0 saturated heterocycles. The Morgan fingerprint density at radius 1 is 1.09 bits per heavy atom. The number of amides is 1. The number of unbranched alkanes of at least 4 members (excludes halogenated alkanes) is 2. The van der Waals surface area contributed by atoms with Crippen molar-refractivity contribution in [3.05, 3.63) is 87.4 Å². The Labute approximate surface area is 211 Å². The van der Waals surface area contributed by atoms with Crippen molar-refractivity contribution in [3.8, 4) is 0 Å². The first kappa shape index (κ1) is 25.5. The molecule has 0 spiro atoms. The monoisotopic (exact) mass is 514 g/mol. The molecule has 1 unspecified atom stereocenters. The van der Waals surface area contributed by atoms with Crippen LogP contribution in [0.2, 0.25) is 0 Å². The van der Waals surface area contributed by atoms with Gasteiger partial charge in [-0.25, -0.2) is 12.8 Å². The molecule has 1 aliphatic rings. The van der Waals surface area contributed by atoms with Crippen molar-refractivity contribution in [1.82, 2.24) is 9.21 Å². The van der Waals surface area contributed by atoms with Gasteiger partial charge in [0.25, 0.3) is 0 Å². The zero-order chi connectivity index (χ0) is 25.0. The molecule has 0 saturated carbocycles. The highest BCUT2D eigenvalue weighted by molar-refractivity contribution is 7.89. The van der Waals surface area contributed by atoms with Crippen LogP contribution in [-0.4, -0.2) is 43.2 Å². The van der Waals surface area contributed by atoms with Crippen LogP contribution in [0.25, 0.3) is 0 Å². The molecule has 8 heteroatoms. The van der Waals surface area contributed by atoms with Crippen LogP contribution >= 0.6 is 11.3 Å². The van der Waals surface area contributed by atoms with Crippen LogP contribution in [0.15, 0.2) is 64.9 Å². The van der Waals surface area contributed by atoms with Crippen molar-refractivity contribution < 1.29 is 17.6 Å². The normalized spacial score (nSPS) is 15.9. The van der Waals surface area contributed by atoms with Gasteiger partial charge in [0.2, 0.25) is 15.9 Å². The molecule has 1 aliphatic heterocycles. The highest BCUT2D eigenvalue weighted by atomic mass is 32.2. The summed E-state index contributed by atoms with van der Waals surface area (Å²) in [7, 11) is -3.95. The van der Waals surface area contributed by atoms with Gasteiger partial charge in [-0.2, -0.15) is 4.31 Å². The molecular weight excluding hydrogens is 483 g/mol. The van der Waals surface area contributed by atoms with Gasteiger partial charge >= 0.3 is 0 Å². The van der Waals surface area contributed by atoms with Gasteiger partial charge in [-0.15, -0.1) is 11.3 Å². The zero-order valence-corrected chi connectivity index (χ0v) is 21.7. The quantitative estimate of drug-likeness (QED) is 0.352. The van der Waals surface area contributed by atoms with E-state index in [1.54, 1.807) is 11.3 Å². The van der Waals surface area contributed by atoms with E-state index in [1.165, 1.54) is 21.3 Å². The second kappa shape index (κ2) is 11.0. The second-order valence-corrected chi connectivity index (χ2v) is 11.8. The number of thiophene rings is 1. The molecule has 4 rings (SSSR count). The van der Waals surface area contributed by atoms with Gasteiger partial charge in [0.1, 0.15) is 5.82 Å². The van der Waals surface area contributed by atoms with Gasteiger partial charge < -0.3 is 4.90 Å². The molecule has 2 heterocycles. The predicted molar refractivity (Wildman–Crippen MR) is 137 cm³/mol. The maximum Gasteiger partial charge on any atom is 0.243 e. The number of fused-ring (bicyclic) bond motifs is 1. The van der Waals surface area contributed by atoms with Crippen LogP contribution in [0.4, 0.5) is 4.39 Å². The van der Waals surface area contributed by atoms with Crippen molar-refractivity contribution in [2.45, 2.75) is 50.5 Å². The Morgan fingerprint density at radius 3 is 2.54 bits per heavy atom. The summed E-state index contributed by atoms with van der Waals surface area (Å²) in [5.74, 6) is -0.726. The average Bonchev–Trinajstić information content (AvgIpc) is 3.32. The number of carbonyl (C=O) groups is 1. The Morgan fingerprint density at radius 2 is 1.83 bits per heavy atom. The van der Waals surface area contributed by atoms with Crippen molar-refractivity contribution in [3.63, 3.8) is 0 Å². The number of hydrogen-bond acceptors (Lipinski definition) is 4. The van der Waals surface area contributed by atoms with E-state index in [0.717, 1.165) is 48.1 Å². The highest BCUT2D eigenvalue weighted by Gasteiger charge is 2.36. The summed E-state index contributed by atoms with van der Waals surface area (Å²) in [6, 6.07) is 14.7. The fraction of sp³-hybridized carbons (Fsp3) is 0.370. The maximum absolute atomic E-state index is 13.8. The predicted octanol–water partition coefficient (Wildman–Crippen LogP) is 5.55. The van der Waals surface area contributed by atoms with Crippen molar-refractivity contribution in [2.75, 3.05) is 19.6 Å². The summed E-state index contributed by atoms with van der Waals surface area (Å²) >= 11 is 1.70. The molecule has 0 fully saturated rings. The highest BCUT2D eigenvalue weighted by Crippen LogP contribution is 2.39. The number of halogens is 1. The Bertz CT molecular complexity index is 1270. The SMILES string of the molecule is CCCCCN(CC(=O)N1CCc2sccc2C1c1ccccc1C)S(=O)(=O)c1ccc(F)cc1. The number of sulfonamides is 1. The summed E-state index contributed by atoms with van der Waals surface area (Å²) in [5, 5.41) is 2.06. The largest absolute Gasteiger partial charge is 0.330 e. The van der Waals surface area contributed by atoms with E-state index in [-0.39, 0.29) is 29.9 Å². The van der Waals surface area contributed by atoms with E-state index < -0.39 is 15.8 Å². The lowest BCUT2D eigenvalue weighted by atomic mass is 9.90. The molecular formula is C27H31FN2O3S2. The van der Waals surface area contributed by atoms with Crippen LogP contribution in [0.1, 0.15) is 53.8 Å². The van der Waals surface area contributed by atoms with Crippen LogP contribution in [0.5, 0.6) is 0 Å². The van der Waals surface area contributed by atoms with Crippen LogP contribution in [0, 0.1) is 12.7 Å².